The Bertz CT molecular complexity index is 424. The van der Waals surface area contributed by atoms with E-state index in [1.807, 2.05) is 0 Å². The monoisotopic (exact) mass is 252 g/mol. The lowest BCUT2D eigenvalue weighted by Gasteiger charge is -2.22. The van der Waals surface area contributed by atoms with Crippen LogP contribution in [-0.2, 0) is 9.53 Å². The molecule has 1 aromatic rings. The van der Waals surface area contributed by atoms with Gasteiger partial charge in [0.15, 0.2) is 0 Å². The SMILES string of the molecule is O=C(CC1CNCCO1)Nc1nnc(C2CC2)o1. The normalized spacial score (nSPS) is 23.9. The molecule has 1 amide bonds. The summed E-state index contributed by atoms with van der Waals surface area (Å²) in [6.07, 6.45) is 2.41. The Morgan fingerprint density at radius 2 is 2.33 bits per heavy atom. The first-order valence-corrected chi connectivity index (χ1v) is 6.27. The molecular weight excluding hydrogens is 236 g/mol. The zero-order valence-electron chi connectivity index (χ0n) is 10.0. The van der Waals surface area contributed by atoms with Gasteiger partial charge in [-0.1, -0.05) is 5.10 Å². The fourth-order valence-electron chi connectivity index (χ4n) is 1.91. The molecular formula is C11H16N4O3. The predicted molar refractivity (Wildman–Crippen MR) is 62.1 cm³/mol. The quantitative estimate of drug-likeness (QED) is 0.799. The number of carbonyl (C=O) groups excluding carboxylic acids is 1. The molecule has 2 N–H and O–H groups in total. The zero-order valence-corrected chi connectivity index (χ0v) is 10.0. The van der Waals surface area contributed by atoms with Crippen LogP contribution in [-0.4, -0.2) is 41.9 Å². The van der Waals surface area contributed by atoms with Gasteiger partial charge in [0, 0.05) is 19.0 Å². The first-order valence-electron chi connectivity index (χ1n) is 6.27. The van der Waals surface area contributed by atoms with Gasteiger partial charge in [0.1, 0.15) is 0 Å². The Balaban J connectivity index is 1.49. The number of amides is 1. The second kappa shape index (κ2) is 5.03. The number of hydrogen-bond donors (Lipinski definition) is 2. The Morgan fingerprint density at radius 1 is 1.44 bits per heavy atom. The van der Waals surface area contributed by atoms with Crippen molar-refractivity contribution in [3.8, 4) is 0 Å². The third-order valence-electron chi connectivity index (χ3n) is 3.03. The minimum Gasteiger partial charge on any atom is -0.408 e. The van der Waals surface area contributed by atoms with E-state index in [2.05, 4.69) is 20.8 Å². The first kappa shape index (κ1) is 11.6. The third kappa shape index (κ3) is 2.85. The molecule has 0 spiro atoms. The van der Waals surface area contributed by atoms with Crippen LogP contribution in [0.1, 0.15) is 31.1 Å². The van der Waals surface area contributed by atoms with Crippen molar-refractivity contribution >= 4 is 11.9 Å². The maximum Gasteiger partial charge on any atom is 0.322 e. The number of nitrogens with zero attached hydrogens (tertiary/aromatic N) is 2. The summed E-state index contributed by atoms with van der Waals surface area (Å²) < 4.78 is 10.8. The van der Waals surface area contributed by atoms with E-state index in [0.29, 0.717) is 31.4 Å². The number of carbonyl (C=O) groups is 1. The Kier molecular flexibility index (Phi) is 3.24. The molecule has 1 aliphatic heterocycles. The molecule has 7 nitrogen and oxygen atoms in total. The van der Waals surface area contributed by atoms with Crippen molar-refractivity contribution in [1.29, 1.82) is 0 Å². The summed E-state index contributed by atoms with van der Waals surface area (Å²) in [4.78, 5) is 11.7. The Hall–Kier alpha value is -1.47. The van der Waals surface area contributed by atoms with E-state index in [9.17, 15) is 4.79 Å². The van der Waals surface area contributed by atoms with Gasteiger partial charge in [-0.2, -0.15) is 0 Å². The standard InChI is InChI=1S/C11H16N4O3/c16-9(5-8-6-12-3-4-17-8)13-11-15-14-10(18-11)7-1-2-7/h7-8,12H,1-6H2,(H,13,15,16). The van der Waals surface area contributed by atoms with Crippen LogP contribution in [0.15, 0.2) is 4.42 Å². The van der Waals surface area contributed by atoms with Gasteiger partial charge in [0.2, 0.25) is 11.8 Å². The predicted octanol–water partition coefficient (Wildman–Crippen LogP) is 0.264. The number of hydrogen-bond acceptors (Lipinski definition) is 6. The number of aromatic nitrogens is 2. The van der Waals surface area contributed by atoms with Crippen LogP contribution in [0.25, 0.3) is 0 Å². The van der Waals surface area contributed by atoms with Gasteiger partial charge in [0.25, 0.3) is 0 Å². The van der Waals surface area contributed by atoms with Gasteiger partial charge in [-0.15, -0.1) is 5.10 Å². The average Bonchev–Trinajstić information content (AvgIpc) is 3.12. The number of rotatable bonds is 4. The molecule has 2 fully saturated rings. The van der Waals surface area contributed by atoms with Crippen molar-refractivity contribution in [3.05, 3.63) is 5.89 Å². The Morgan fingerprint density at radius 3 is 3.06 bits per heavy atom. The minimum absolute atomic E-state index is 0.0791. The summed E-state index contributed by atoms with van der Waals surface area (Å²) in [6, 6.07) is 0.186. The fraction of sp³-hybridized carbons (Fsp3) is 0.727. The lowest BCUT2D eigenvalue weighted by Crippen LogP contribution is -2.40. The van der Waals surface area contributed by atoms with E-state index in [4.69, 9.17) is 9.15 Å². The van der Waals surface area contributed by atoms with Crippen LogP contribution in [0.2, 0.25) is 0 Å². The second-order valence-corrected chi connectivity index (χ2v) is 4.67. The smallest absolute Gasteiger partial charge is 0.322 e. The summed E-state index contributed by atoms with van der Waals surface area (Å²) in [6.45, 7) is 2.18. The highest BCUT2D eigenvalue weighted by molar-refractivity contribution is 5.88. The highest BCUT2D eigenvalue weighted by Gasteiger charge is 2.29. The molecule has 0 bridgehead atoms. The molecule has 7 heteroatoms. The minimum atomic E-state index is -0.158. The van der Waals surface area contributed by atoms with E-state index < -0.39 is 0 Å². The van der Waals surface area contributed by atoms with Gasteiger partial charge in [-0.05, 0) is 12.8 Å². The van der Waals surface area contributed by atoms with Gasteiger partial charge in [-0.3, -0.25) is 10.1 Å². The van der Waals surface area contributed by atoms with Gasteiger partial charge < -0.3 is 14.5 Å². The number of ether oxygens (including phenoxy) is 1. The highest BCUT2D eigenvalue weighted by atomic mass is 16.5. The topological polar surface area (TPSA) is 89.3 Å². The number of morpholine rings is 1. The van der Waals surface area contributed by atoms with E-state index in [0.717, 1.165) is 19.4 Å². The lowest BCUT2D eigenvalue weighted by atomic mass is 10.2. The van der Waals surface area contributed by atoms with Crippen LogP contribution < -0.4 is 10.6 Å². The summed E-state index contributed by atoms with van der Waals surface area (Å²) in [5, 5.41) is 13.5. The highest BCUT2D eigenvalue weighted by Crippen LogP contribution is 2.39. The van der Waals surface area contributed by atoms with Crippen LogP contribution in [0.3, 0.4) is 0 Å². The number of nitrogens with one attached hydrogen (secondary N) is 2. The summed E-state index contributed by atoms with van der Waals surface area (Å²) in [7, 11) is 0. The molecule has 18 heavy (non-hydrogen) atoms. The van der Waals surface area contributed by atoms with Crippen molar-refractivity contribution in [2.45, 2.75) is 31.3 Å². The molecule has 2 aliphatic rings. The van der Waals surface area contributed by atoms with Crippen molar-refractivity contribution in [2.24, 2.45) is 0 Å². The largest absolute Gasteiger partial charge is 0.408 e. The number of anilines is 1. The lowest BCUT2D eigenvalue weighted by molar-refractivity contribution is -0.119. The van der Waals surface area contributed by atoms with Crippen molar-refractivity contribution in [2.75, 3.05) is 25.0 Å². The summed E-state index contributed by atoms with van der Waals surface area (Å²) in [5.74, 6) is 0.865. The summed E-state index contributed by atoms with van der Waals surface area (Å²) in [5.41, 5.74) is 0. The van der Waals surface area contributed by atoms with Gasteiger partial charge in [0.05, 0.1) is 19.1 Å². The second-order valence-electron chi connectivity index (χ2n) is 4.67. The van der Waals surface area contributed by atoms with Crippen LogP contribution in [0, 0.1) is 0 Å². The molecule has 98 valence electrons. The van der Waals surface area contributed by atoms with Crippen LogP contribution in [0.4, 0.5) is 6.01 Å². The average molecular weight is 252 g/mol. The molecule has 3 rings (SSSR count). The molecule has 2 heterocycles. The van der Waals surface area contributed by atoms with E-state index in [-0.39, 0.29) is 18.0 Å². The molecule has 1 unspecified atom stereocenters. The van der Waals surface area contributed by atoms with Crippen LogP contribution in [0.5, 0.6) is 0 Å². The Labute approximate surface area is 104 Å². The molecule has 1 aliphatic carbocycles. The molecule has 1 aromatic heterocycles. The third-order valence-corrected chi connectivity index (χ3v) is 3.03. The van der Waals surface area contributed by atoms with E-state index in [1.54, 1.807) is 0 Å². The molecule has 1 saturated heterocycles. The molecule has 1 saturated carbocycles. The molecule has 1 atom stereocenters. The molecule has 0 radical (unpaired) electrons. The van der Waals surface area contributed by atoms with Gasteiger partial charge >= 0.3 is 6.01 Å². The zero-order chi connectivity index (χ0) is 12.4. The maximum atomic E-state index is 11.7. The van der Waals surface area contributed by atoms with Gasteiger partial charge in [-0.25, -0.2) is 0 Å². The van der Waals surface area contributed by atoms with Crippen molar-refractivity contribution < 1.29 is 13.9 Å². The van der Waals surface area contributed by atoms with E-state index >= 15 is 0 Å². The van der Waals surface area contributed by atoms with Crippen molar-refractivity contribution in [3.63, 3.8) is 0 Å². The maximum absolute atomic E-state index is 11.7. The van der Waals surface area contributed by atoms with E-state index in [1.165, 1.54) is 0 Å². The van der Waals surface area contributed by atoms with Crippen molar-refractivity contribution in [1.82, 2.24) is 15.5 Å². The fourth-order valence-corrected chi connectivity index (χ4v) is 1.91. The van der Waals surface area contributed by atoms with Crippen LogP contribution >= 0.6 is 0 Å². The first-order chi connectivity index (χ1) is 8.81. The molecule has 0 aromatic carbocycles. The summed E-state index contributed by atoms with van der Waals surface area (Å²) >= 11 is 0.